The molecule has 0 radical (unpaired) electrons. The summed E-state index contributed by atoms with van der Waals surface area (Å²) in [6.45, 7) is 0.779. The van der Waals surface area contributed by atoms with Crippen LogP contribution in [0.25, 0.3) is 0 Å². The van der Waals surface area contributed by atoms with Crippen LogP contribution in [-0.4, -0.2) is 15.8 Å². The van der Waals surface area contributed by atoms with E-state index in [2.05, 4.69) is 26.3 Å². The topological polar surface area (TPSA) is 29.9 Å². The largest absolute Gasteiger partial charge is 0.308 e. The molecule has 0 spiro atoms. The average Bonchev–Trinajstić information content (AvgIpc) is 3.16. The van der Waals surface area contributed by atoms with Gasteiger partial charge in [0.25, 0.3) is 0 Å². The first-order valence-corrected chi connectivity index (χ1v) is 7.31. The zero-order chi connectivity index (χ0) is 14.1. The fraction of sp³-hybridized carbons (Fsp3) is 0.357. The van der Waals surface area contributed by atoms with Gasteiger partial charge in [0.1, 0.15) is 11.6 Å². The summed E-state index contributed by atoms with van der Waals surface area (Å²) in [5.74, 6) is -1.13. The van der Waals surface area contributed by atoms with Gasteiger partial charge in [0.15, 0.2) is 0 Å². The van der Waals surface area contributed by atoms with Gasteiger partial charge in [0.2, 0.25) is 0 Å². The highest BCUT2D eigenvalue weighted by atomic mass is 79.9. The van der Waals surface area contributed by atoms with Crippen LogP contribution in [0, 0.1) is 11.6 Å². The van der Waals surface area contributed by atoms with Crippen molar-refractivity contribution in [3.63, 3.8) is 0 Å². The van der Waals surface area contributed by atoms with E-state index in [0.717, 1.165) is 5.69 Å². The maximum absolute atomic E-state index is 13.9. The van der Waals surface area contributed by atoms with Crippen molar-refractivity contribution in [3.05, 3.63) is 51.8 Å². The number of hydrogen-bond acceptors (Lipinski definition) is 2. The van der Waals surface area contributed by atoms with E-state index in [9.17, 15) is 8.78 Å². The highest BCUT2D eigenvalue weighted by Crippen LogP contribution is 2.22. The molecule has 0 aliphatic heterocycles. The minimum absolute atomic E-state index is 0.0178. The Hall–Kier alpha value is -1.27. The lowest BCUT2D eigenvalue weighted by molar-refractivity contribution is 0.526. The number of rotatable bonds is 5. The normalized spacial score (nSPS) is 14.8. The fourth-order valence-corrected chi connectivity index (χ4v) is 2.37. The molecule has 3 nitrogen and oxygen atoms in total. The summed E-state index contributed by atoms with van der Waals surface area (Å²) in [6.07, 6.45) is 4.17. The number of nitrogens with one attached hydrogen (secondary N) is 1. The molecule has 0 unspecified atom stereocenters. The Balaban J connectivity index is 1.72. The molecule has 20 heavy (non-hydrogen) atoms. The summed E-state index contributed by atoms with van der Waals surface area (Å²) < 4.78 is 29.4. The van der Waals surface area contributed by atoms with E-state index < -0.39 is 11.6 Å². The predicted octanol–water partition coefficient (Wildman–Crippen LogP) is 3.22. The van der Waals surface area contributed by atoms with Crippen LogP contribution in [0.2, 0.25) is 0 Å². The summed E-state index contributed by atoms with van der Waals surface area (Å²) in [5.41, 5.74) is 0.900. The van der Waals surface area contributed by atoms with Crippen molar-refractivity contribution < 1.29 is 8.78 Å². The Bertz CT molecular complexity index is 623. The zero-order valence-corrected chi connectivity index (χ0v) is 12.3. The standard InChI is InChI=1S/C14H14BrF2N3/c15-12-3-4-13(16)11(14(12)17)8-20-6-5-10(19-20)7-18-9-1-2-9/h3-6,9,18H,1-2,7-8H2. The van der Waals surface area contributed by atoms with Gasteiger partial charge >= 0.3 is 0 Å². The maximum atomic E-state index is 13.9. The first-order chi connectivity index (χ1) is 9.63. The van der Waals surface area contributed by atoms with Crippen LogP contribution < -0.4 is 5.32 Å². The fourth-order valence-electron chi connectivity index (χ4n) is 2.00. The SMILES string of the molecule is Fc1ccc(Br)c(F)c1Cn1ccc(CNC2CC2)n1. The molecule has 6 heteroatoms. The molecular formula is C14H14BrF2N3. The van der Waals surface area contributed by atoms with Crippen molar-refractivity contribution in [2.45, 2.75) is 32.0 Å². The Morgan fingerprint density at radius 3 is 2.85 bits per heavy atom. The van der Waals surface area contributed by atoms with Gasteiger partial charge in [0.05, 0.1) is 16.7 Å². The average molecular weight is 342 g/mol. The molecule has 1 aliphatic rings. The molecule has 1 aromatic heterocycles. The molecule has 1 fully saturated rings. The molecule has 106 valence electrons. The number of benzene rings is 1. The Morgan fingerprint density at radius 2 is 2.10 bits per heavy atom. The van der Waals surface area contributed by atoms with E-state index in [1.54, 1.807) is 10.9 Å². The van der Waals surface area contributed by atoms with E-state index in [4.69, 9.17) is 0 Å². The maximum Gasteiger partial charge on any atom is 0.145 e. The van der Waals surface area contributed by atoms with Crippen molar-refractivity contribution >= 4 is 15.9 Å². The molecule has 1 saturated carbocycles. The van der Waals surface area contributed by atoms with E-state index >= 15 is 0 Å². The molecule has 1 heterocycles. The van der Waals surface area contributed by atoms with E-state index in [1.165, 1.54) is 25.0 Å². The van der Waals surface area contributed by atoms with Gasteiger partial charge in [-0.25, -0.2) is 8.78 Å². The van der Waals surface area contributed by atoms with Crippen LogP contribution in [-0.2, 0) is 13.1 Å². The molecule has 1 aliphatic carbocycles. The smallest absolute Gasteiger partial charge is 0.145 e. The predicted molar refractivity (Wildman–Crippen MR) is 75.2 cm³/mol. The quantitative estimate of drug-likeness (QED) is 0.846. The third-order valence-corrected chi connectivity index (χ3v) is 3.92. The lowest BCUT2D eigenvalue weighted by Crippen LogP contribution is -2.16. The van der Waals surface area contributed by atoms with Crippen molar-refractivity contribution in [2.24, 2.45) is 0 Å². The van der Waals surface area contributed by atoms with Gasteiger partial charge in [-0.3, -0.25) is 4.68 Å². The molecule has 0 saturated heterocycles. The number of hydrogen-bond donors (Lipinski definition) is 1. The second kappa shape index (κ2) is 5.61. The van der Waals surface area contributed by atoms with Crippen LogP contribution in [0.15, 0.2) is 28.9 Å². The molecule has 1 aromatic carbocycles. The van der Waals surface area contributed by atoms with Gasteiger partial charge in [0, 0.05) is 24.3 Å². The summed E-state index contributed by atoms with van der Waals surface area (Å²) in [5, 5.41) is 7.67. The highest BCUT2D eigenvalue weighted by Gasteiger charge is 2.20. The van der Waals surface area contributed by atoms with Crippen LogP contribution in [0.1, 0.15) is 24.1 Å². The molecule has 0 atom stereocenters. The lowest BCUT2D eigenvalue weighted by Gasteiger charge is -2.07. The van der Waals surface area contributed by atoms with Crippen molar-refractivity contribution in [1.29, 1.82) is 0 Å². The first kappa shape index (κ1) is 13.7. The Labute approximate surface area is 124 Å². The molecule has 0 bridgehead atoms. The lowest BCUT2D eigenvalue weighted by atomic mass is 10.2. The second-order valence-electron chi connectivity index (χ2n) is 4.98. The molecule has 1 N–H and O–H groups in total. The van der Waals surface area contributed by atoms with Crippen molar-refractivity contribution in [2.75, 3.05) is 0 Å². The monoisotopic (exact) mass is 341 g/mol. The Kier molecular flexibility index (Phi) is 3.85. The van der Waals surface area contributed by atoms with Crippen LogP contribution in [0.4, 0.5) is 8.78 Å². The Morgan fingerprint density at radius 1 is 1.30 bits per heavy atom. The molecule has 3 rings (SSSR count). The van der Waals surface area contributed by atoms with E-state index in [-0.39, 0.29) is 16.6 Å². The van der Waals surface area contributed by atoms with Gasteiger partial charge in [-0.15, -0.1) is 0 Å². The summed E-state index contributed by atoms with van der Waals surface area (Å²) in [7, 11) is 0. The van der Waals surface area contributed by atoms with Crippen molar-refractivity contribution in [1.82, 2.24) is 15.1 Å². The van der Waals surface area contributed by atoms with Crippen LogP contribution in [0.3, 0.4) is 0 Å². The highest BCUT2D eigenvalue weighted by molar-refractivity contribution is 9.10. The zero-order valence-electron chi connectivity index (χ0n) is 10.7. The van der Waals surface area contributed by atoms with Gasteiger partial charge in [-0.2, -0.15) is 5.10 Å². The van der Waals surface area contributed by atoms with Gasteiger partial charge in [-0.1, -0.05) is 0 Å². The summed E-state index contributed by atoms with van der Waals surface area (Å²) >= 11 is 3.07. The molecular weight excluding hydrogens is 328 g/mol. The molecule has 0 amide bonds. The van der Waals surface area contributed by atoms with Crippen molar-refractivity contribution in [3.8, 4) is 0 Å². The minimum atomic E-state index is -0.571. The van der Waals surface area contributed by atoms with E-state index in [0.29, 0.717) is 12.6 Å². The third-order valence-electron chi connectivity index (χ3n) is 3.30. The third kappa shape index (κ3) is 3.07. The summed E-state index contributed by atoms with van der Waals surface area (Å²) in [4.78, 5) is 0. The number of aromatic nitrogens is 2. The first-order valence-electron chi connectivity index (χ1n) is 6.51. The van der Waals surface area contributed by atoms with Gasteiger partial charge < -0.3 is 5.32 Å². The molecule has 2 aromatic rings. The number of nitrogens with zero attached hydrogens (tertiary/aromatic N) is 2. The number of halogens is 3. The summed E-state index contributed by atoms with van der Waals surface area (Å²) in [6, 6.07) is 5.09. The minimum Gasteiger partial charge on any atom is -0.308 e. The van der Waals surface area contributed by atoms with Crippen LogP contribution >= 0.6 is 15.9 Å². The van der Waals surface area contributed by atoms with E-state index in [1.807, 2.05) is 6.07 Å². The van der Waals surface area contributed by atoms with Gasteiger partial charge in [-0.05, 0) is 47.0 Å². The van der Waals surface area contributed by atoms with Crippen LogP contribution in [0.5, 0.6) is 0 Å². The second-order valence-corrected chi connectivity index (χ2v) is 5.84.